The van der Waals surface area contributed by atoms with Gasteiger partial charge in [-0.25, -0.2) is 0 Å². The molecule has 1 N–H and O–H groups in total. The van der Waals surface area contributed by atoms with Gasteiger partial charge in [0.15, 0.2) is 0 Å². The van der Waals surface area contributed by atoms with Gasteiger partial charge in [-0.3, -0.25) is 0 Å². The second kappa shape index (κ2) is 5.95. The molecular formula is C16H21N3O2. The first-order valence-electron chi connectivity index (χ1n) is 7.35. The van der Waals surface area contributed by atoms with E-state index < -0.39 is 0 Å². The number of fused-ring (bicyclic) bond motifs is 1. The quantitative estimate of drug-likeness (QED) is 0.936. The average Bonchev–Trinajstić information content (AvgIpc) is 2.96. The van der Waals surface area contributed by atoms with E-state index in [1.54, 1.807) is 7.11 Å². The number of aromatic nitrogens is 2. The highest BCUT2D eigenvalue weighted by molar-refractivity contribution is 5.35. The molecule has 0 fully saturated rings. The van der Waals surface area contributed by atoms with Gasteiger partial charge in [0.1, 0.15) is 6.10 Å². The van der Waals surface area contributed by atoms with Crippen LogP contribution in [0.5, 0.6) is 0 Å². The summed E-state index contributed by atoms with van der Waals surface area (Å²) in [5.41, 5.74) is 2.56. The second-order valence-corrected chi connectivity index (χ2v) is 5.77. The zero-order valence-electron chi connectivity index (χ0n) is 12.7. The lowest BCUT2D eigenvalue weighted by molar-refractivity contribution is 0.0555. The lowest BCUT2D eigenvalue weighted by Gasteiger charge is -2.23. The van der Waals surface area contributed by atoms with Crippen molar-refractivity contribution < 1.29 is 9.26 Å². The third-order valence-electron chi connectivity index (χ3n) is 3.96. The maximum Gasteiger partial charge on any atom is 0.235 e. The molecule has 2 aromatic rings. The average molecular weight is 287 g/mol. The van der Waals surface area contributed by atoms with Crippen molar-refractivity contribution in [1.29, 1.82) is 0 Å². The van der Waals surface area contributed by atoms with Crippen molar-refractivity contribution in [2.24, 2.45) is 5.92 Å². The van der Waals surface area contributed by atoms with Gasteiger partial charge in [0.05, 0.1) is 5.92 Å². The lowest BCUT2D eigenvalue weighted by Crippen LogP contribution is -2.29. The van der Waals surface area contributed by atoms with Gasteiger partial charge in [0.25, 0.3) is 0 Å². The molecule has 21 heavy (non-hydrogen) atoms. The highest BCUT2D eigenvalue weighted by Crippen LogP contribution is 2.30. The lowest BCUT2D eigenvalue weighted by atomic mass is 9.91. The van der Waals surface area contributed by atoms with Crippen LogP contribution < -0.4 is 5.32 Å². The minimum Gasteiger partial charge on any atom is -0.373 e. The summed E-state index contributed by atoms with van der Waals surface area (Å²) in [6.07, 6.45) is -0.130. The van der Waals surface area contributed by atoms with Gasteiger partial charge < -0.3 is 14.6 Å². The number of nitrogens with one attached hydrogen (secondary N) is 1. The van der Waals surface area contributed by atoms with Gasteiger partial charge in [-0.1, -0.05) is 43.3 Å². The molecule has 2 heterocycles. The Balaban J connectivity index is 1.91. The summed E-state index contributed by atoms with van der Waals surface area (Å²) in [5, 5.41) is 7.52. The number of nitrogens with zero attached hydrogens (tertiary/aromatic N) is 2. The maximum absolute atomic E-state index is 5.51. The van der Waals surface area contributed by atoms with E-state index in [9.17, 15) is 0 Å². The van der Waals surface area contributed by atoms with Crippen molar-refractivity contribution in [3.05, 3.63) is 47.1 Å². The van der Waals surface area contributed by atoms with Crippen molar-refractivity contribution in [3.63, 3.8) is 0 Å². The van der Waals surface area contributed by atoms with Crippen molar-refractivity contribution in [3.8, 4) is 0 Å². The summed E-state index contributed by atoms with van der Waals surface area (Å²) in [7, 11) is 1.68. The minimum absolute atomic E-state index is 0.112. The Hall–Kier alpha value is -1.72. The highest BCUT2D eigenvalue weighted by atomic mass is 16.5. The van der Waals surface area contributed by atoms with Crippen molar-refractivity contribution in [2.75, 3.05) is 13.7 Å². The SMILES string of the molecule is COC(c1noc(C2CNCc3ccccc32)n1)C(C)C. The molecule has 3 rings (SSSR count). The van der Waals surface area contributed by atoms with Crippen molar-refractivity contribution in [2.45, 2.75) is 32.4 Å². The molecule has 2 atom stereocenters. The molecule has 1 aromatic heterocycles. The zero-order valence-corrected chi connectivity index (χ0v) is 12.7. The van der Waals surface area contributed by atoms with Gasteiger partial charge in [0.2, 0.25) is 11.7 Å². The third-order valence-corrected chi connectivity index (χ3v) is 3.96. The summed E-state index contributed by atoms with van der Waals surface area (Å²) >= 11 is 0. The van der Waals surface area contributed by atoms with Crippen LogP contribution in [0.25, 0.3) is 0 Å². The van der Waals surface area contributed by atoms with E-state index in [0.29, 0.717) is 17.6 Å². The van der Waals surface area contributed by atoms with E-state index in [0.717, 1.165) is 13.1 Å². The van der Waals surface area contributed by atoms with Crippen LogP contribution in [0.1, 0.15) is 48.7 Å². The molecule has 0 saturated heterocycles. The fourth-order valence-corrected chi connectivity index (χ4v) is 2.90. The third kappa shape index (κ3) is 2.71. The van der Waals surface area contributed by atoms with Crippen LogP contribution in [0, 0.1) is 5.92 Å². The Morgan fingerprint density at radius 1 is 1.33 bits per heavy atom. The predicted octanol–water partition coefficient (Wildman–Crippen LogP) is 2.65. The van der Waals surface area contributed by atoms with Gasteiger partial charge >= 0.3 is 0 Å². The van der Waals surface area contributed by atoms with E-state index >= 15 is 0 Å². The van der Waals surface area contributed by atoms with Crippen LogP contribution in [-0.2, 0) is 11.3 Å². The monoisotopic (exact) mass is 287 g/mol. The predicted molar refractivity (Wildman–Crippen MR) is 78.9 cm³/mol. The van der Waals surface area contributed by atoms with Crippen LogP contribution in [0.4, 0.5) is 0 Å². The largest absolute Gasteiger partial charge is 0.373 e. The van der Waals surface area contributed by atoms with Crippen LogP contribution in [-0.4, -0.2) is 23.8 Å². The van der Waals surface area contributed by atoms with Gasteiger partial charge in [-0.05, 0) is 17.0 Å². The second-order valence-electron chi connectivity index (χ2n) is 5.77. The Kier molecular flexibility index (Phi) is 4.03. The number of ether oxygens (including phenoxy) is 1. The molecule has 112 valence electrons. The Morgan fingerprint density at radius 3 is 2.90 bits per heavy atom. The number of benzene rings is 1. The molecule has 0 amide bonds. The maximum atomic E-state index is 5.51. The van der Waals surface area contributed by atoms with E-state index in [1.807, 2.05) is 0 Å². The van der Waals surface area contributed by atoms with E-state index in [-0.39, 0.29) is 12.0 Å². The number of hydrogen-bond donors (Lipinski definition) is 1. The molecule has 0 bridgehead atoms. The molecule has 2 unspecified atom stereocenters. The van der Waals surface area contributed by atoms with Gasteiger partial charge in [-0.15, -0.1) is 0 Å². The molecule has 5 nitrogen and oxygen atoms in total. The highest BCUT2D eigenvalue weighted by Gasteiger charge is 2.28. The topological polar surface area (TPSA) is 60.2 Å². The molecule has 0 spiro atoms. The number of methoxy groups -OCH3 is 1. The fraction of sp³-hybridized carbons (Fsp3) is 0.500. The van der Waals surface area contributed by atoms with E-state index in [1.165, 1.54) is 11.1 Å². The summed E-state index contributed by atoms with van der Waals surface area (Å²) < 4.78 is 11.0. The van der Waals surface area contributed by atoms with Crippen LogP contribution in [0.15, 0.2) is 28.8 Å². The molecule has 0 saturated carbocycles. The standard InChI is InChI=1S/C16H21N3O2/c1-10(2)14(20-3)15-18-16(21-19-15)13-9-17-8-11-6-4-5-7-12(11)13/h4-7,10,13-14,17H,8-9H2,1-3H3. The Bertz CT molecular complexity index is 609. The first-order chi connectivity index (χ1) is 10.2. The Labute approximate surface area is 124 Å². The number of rotatable bonds is 4. The molecule has 1 aliphatic rings. The smallest absolute Gasteiger partial charge is 0.235 e. The number of hydrogen-bond acceptors (Lipinski definition) is 5. The van der Waals surface area contributed by atoms with E-state index in [4.69, 9.17) is 9.26 Å². The fourth-order valence-electron chi connectivity index (χ4n) is 2.90. The molecule has 1 aromatic carbocycles. The van der Waals surface area contributed by atoms with Crippen LogP contribution in [0.2, 0.25) is 0 Å². The normalized spacial score (nSPS) is 19.5. The summed E-state index contributed by atoms with van der Waals surface area (Å²) in [4.78, 5) is 4.58. The minimum atomic E-state index is -0.130. The molecule has 0 aliphatic carbocycles. The van der Waals surface area contributed by atoms with Gasteiger partial charge in [0, 0.05) is 20.2 Å². The molecular weight excluding hydrogens is 266 g/mol. The summed E-state index contributed by atoms with van der Waals surface area (Å²) in [6.45, 7) is 5.88. The van der Waals surface area contributed by atoms with E-state index in [2.05, 4.69) is 53.6 Å². The Morgan fingerprint density at radius 2 is 2.14 bits per heavy atom. The van der Waals surface area contributed by atoms with Crippen LogP contribution >= 0.6 is 0 Å². The molecule has 5 heteroatoms. The summed E-state index contributed by atoms with van der Waals surface area (Å²) in [6, 6.07) is 8.39. The first-order valence-corrected chi connectivity index (χ1v) is 7.35. The van der Waals surface area contributed by atoms with Crippen molar-refractivity contribution in [1.82, 2.24) is 15.5 Å². The van der Waals surface area contributed by atoms with Crippen molar-refractivity contribution >= 4 is 0 Å². The van der Waals surface area contributed by atoms with Crippen LogP contribution in [0.3, 0.4) is 0 Å². The summed E-state index contributed by atoms with van der Waals surface area (Å²) in [5.74, 6) is 1.70. The first kappa shape index (κ1) is 14.2. The van der Waals surface area contributed by atoms with Gasteiger partial charge in [-0.2, -0.15) is 4.98 Å². The molecule has 1 aliphatic heterocycles. The molecule has 0 radical (unpaired) electrons. The zero-order chi connectivity index (χ0) is 14.8.